The van der Waals surface area contributed by atoms with Gasteiger partial charge >= 0.3 is 6.18 Å². The van der Waals surface area contributed by atoms with Gasteiger partial charge in [0.25, 0.3) is 0 Å². The van der Waals surface area contributed by atoms with Gasteiger partial charge in [0.05, 0.1) is 16.6 Å². The van der Waals surface area contributed by atoms with Crippen LogP contribution in [-0.4, -0.2) is 15.8 Å². The number of Topliss-reactive ketones (excluding diaryl/α,β-unsaturated/α-hetero) is 1. The molecule has 6 heteroatoms. The van der Waals surface area contributed by atoms with Gasteiger partial charge in [-0.25, -0.2) is 4.98 Å². The Kier molecular flexibility index (Phi) is 4.99. The number of hydrogen-bond donors (Lipinski definition) is 1. The minimum absolute atomic E-state index is 0.00419. The zero-order valence-corrected chi connectivity index (χ0v) is 16.0. The molecule has 0 fully saturated rings. The van der Waals surface area contributed by atoms with E-state index in [-0.39, 0.29) is 5.78 Å². The van der Waals surface area contributed by atoms with Gasteiger partial charge in [0.2, 0.25) is 0 Å². The number of halogens is 3. The number of hydrogen-bond acceptors (Lipinski definition) is 2. The van der Waals surface area contributed by atoms with Crippen LogP contribution in [0.25, 0.3) is 34.3 Å². The Morgan fingerprint density at radius 1 is 0.967 bits per heavy atom. The standard InChI is InChI=1S/C24H17F3N2O/c1-15(30)19-4-2-3-5-20(19)17-9-12-21-22(14-17)29-23(28-21)13-8-16-6-10-18(11-7-16)24(25,26)27/h2-14H,1H3,(H,28,29). The fourth-order valence-corrected chi connectivity index (χ4v) is 3.28. The van der Waals surface area contributed by atoms with E-state index in [1.54, 1.807) is 18.2 Å². The maximum absolute atomic E-state index is 12.7. The quantitative estimate of drug-likeness (QED) is 0.387. The second kappa shape index (κ2) is 7.63. The predicted molar refractivity (Wildman–Crippen MR) is 112 cm³/mol. The lowest BCUT2D eigenvalue weighted by Crippen LogP contribution is -2.03. The zero-order valence-electron chi connectivity index (χ0n) is 16.0. The molecule has 30 heavy (non-hydrogen) atoms. The Labute approximate surface area is 170 Å². The molecular formula is C24H17F3N2O. The molecule has 0 radical (unpaired) electrons. The van der Waals surface area contributed by atoms with E-state index in [0.717, 1.165) is 34.3 Å². The summed E-state index contributed by atoms with van der Waals surface area (Å²) >= 11 is 0. The summed E-state index contributed by atoms with van der Waals surface area (Å²) in [6.07, 6.45) is -0.935. The van der Waals surface area contributed by atoms with Gasteiger partial charge in [0.1, 0.15) is 5.82 Å². The Morgan fingerprint density at radius 2 is 1.70 bits per heavy atom. The first-order valence-corrected chi connectivity index (χ1v) is 9.27. The summed E-state index contributed by atoms with van der Waals surface area (Å²) in [5.41, 5.74) is 3.92. The van der Waals surface area contributed by atoms with E-state index in [1.807, 2.05) is 36.4 Å². The molecule has 0 amide bonds. The van der Waals surface area contributed by atoms with Crippen molar-refractivity contribution in [2.24, 2.45) is 0 Å². The van der Waals surface area contributed by atoms with E-state index < -0.39 is 11.7 Å². The smallest absolute Gasteiger partial charge is 0.338 e. The number of H-pyrrole nitrogens is 1. The maximum Gasteiger partial charge on any atom is 0.416 e. The van der Waals surface area contributed by atoms with Crippen LogP contribution in [0.15, 0.2) is 66.7 Å². The first-order valence-electron chi connectivity index (χ1n) is 9.27. The van der Waals surface area contributed by atoms with Gasteiger partial charge in [-0.3, -0.25) is 4.79 Å². The number of fused-ring (bicyclic) bond motifs is 1. The fraction of sp³-hybridized carbons (Fsp3) is 0.0833. The normalized spacial score (nSPS) is 12.0. The number of benzene rings is 3. The lowest BCUT2D eigenvalue weighted by atomic mass is 9.97. The van der Waals surface area contributed by atoms with E-state index in [1.165, 1.54) is 19.1 Å². The van der Waals surface area contributed by atoms with Gasteiger partial charge in [-0.2, -0.15) is 13.2 Å². The topological polar surface area (TPSA) is 45.8 Å². The van der Waals surface area contributed by atoms with Crippen LogP contribution in [0.1, 0.15) is 34.2 Å². The highest BCUT2D eigenvalue weighted by molar-refractivity contribution is 6.01. The number of nitrogens with zero attached hydrogens (tertiary/aromatic N) is 1. The summed E-state index contributed by atoms with van der Waals surface area (Å²) in [5, 5.41) is 0. The summed E-state index contributed by atoms with van der Waals surface area (Å²) in [6.45, 7) is 1.54. The molecule has 0 atom stereocenters. The summed E-state index contributed by atoms with van der Waals surface area (Å²) < 4.78 is 38.0. The molecule has 4 aromatic rings. The van der Waals surface area contributed by atoms with Crippen LogP contribution in [-0.2, 0) is 6.18 Å². The van der Waals surface area contributed by atoms with Crippen LogP contribution in [0, 0.1) is 0 Å². The Balaban J connectivity index is 1.62. The van der Waals surface area contributed by atoms with Crippen molar-refractivity contribution in [2.75, 3.05) is 0 Å². The van der Waals surface area contributed by atoms with Crippen molar-refractivity contribution in [2.45, 2.75) is 13.1 Å². The largest absolute Gasteiger partial charge is 0.416 e. The number of carbonyl (C=O) groups is 1. The van der Waals surface area contributed by atoms with E-state index in [0.29, 0.717) is 17.0 Å². The lowest BCUT2D eigenvalue weighted by molar-refractivity contribution is -0.137. The monoisotopic (exact) mass is 406 g/mol. The minimum atomic E-state index is -4.35. The number of nitrogens with one attached hydrogen (secondary N) is 1. The third-order valence-electron chi connectivity index (χ3n) is 4.79. The number of aromatic amines is 1. The average molecular weight is 406 g/mol. The molecule has 4 rings (SSSR count). The molecule has 150 valence electrons. The SMILES string of the molecule is CC(=O)c1ccccc1-c1ccc2nc(C=Cc3ccc(C(F)(F)F)cc3)[nH]c2c1. The van der Waals surface area contributed by atoms with Crippen molar-refractivity contribution in [3.8, 4) is 11.1 Å². The van der Waals surface area contributed by atoms with Crippen LogP contribution < -0.4 is 0 Å². The third kappa shape index (κ3) is 4.03. The molecule has 0 aliphatic carbocycles. The Hall–Kier alpha value is -3.67. The summed E-state index contributed by atoms with van der Waals surface area (Å²) in [4.78, 5) is 19.6. The molecule has 0 saturated heterocycles. The summed E-state index contributed by atoms with van der Waals surface area (Å²) in [5.74, 6) is 0.581. The third-order valence-corrected chi connectivity index (χ3v) is 4.79. The molecule has 0 saturated carbocycles. The van der Waals surface area contributed by atoms with Crippen molar-refractivity contribution >= 4 is 29.0 Å². The van der Waals surface area contributed by atoms with Crippen LogP contribution in [0.3, 0.4) is 0 Å². The van der Waals surface area contributed by atoms with Crippen LogP contribution >= 0.6 is 0 Å². The second-order valence-electron chi connectivity index (χ2n) is 6.91. The van der Waals surface area contributed by atoms with Gasteiger partial charge in [0, 0.05) is 5.56 Å². The van der Waals surface area contributed by atoms with Crippen LogP contribution in [0.2, 0.25) is 0 Å². The van der Waals surface area contributed by atoms with Gasteiger partial charge in [-0.1, -0.05) is 48.5 Å². The van der Waals surface area contributed by atoms with Crippen molar-refractivity contribution in [3.05, 3.63) is 89.2 Å². The molecule has 3 nitrogen and oxygen atoms in total. The van der Waals surface area contributed by atoms with Gasteiger partial charge < -0.3 is 4.98 Å². The highest BCUT2D eigenvalue weighted by Crippen LogP contribution is 2.30. The molecule has 0 bridgehead atoms. The van der Waals surface area contributed by atoms with Crippen molar-refractivity contribution in [1.29, 1.82) is 0 Å². The number of imidazole rings is 1. The van der Waals surface area contributed by atoms with Crippen LogP contribution in [0.5, 0.6) is 0 Å². The minimum Gasteiger partial charge on any atom is -0.338 e. The van der Waals surface area contributed by atoms with Crippen molar-refractivity contribution in [1.82, 2.24) is 9.97 Å². The number of ketones is 1. The highest BCUT2D eigenvalue weighted by atomic mass is 19.4. The fourth-order valence-electron chi connectivity index (χ4n) is 3.28. The lowest BCUT2D eigenvalue weighted by Gasteiger charge is -2.06. The molecule has 1 N–H and O–H groups in total. The van der Waals surface area contributed by atoms with Gasteiger partial charge in [0.15, 0.2) is 5.78 Å². The van der Waals surface area contributed by atoms with E-state index in [4.69, 9.17) is 0 Å². The molecular weight excluding hydrogens is 389 g/mol. The Morgan fingerprint density at radius 3 is 2.40 bits per heavy atom. The molecule has 0 aliphatic rings. The molecule has 1 heterocycles. The van der Waals surface area contributed by atoms with E-state index in [2.05, 4.69) is 9.97 Å². The van der Waals surface area contributed by atoms with Gasteiger partial charge in [-0.15, -0.1) is 0 Å². The molecule has 3 aromatic carbocycles. The number of rotatable bonds is 4. The molecule has 0 aliphatic heterocycles. The van der Waals surface area contributed by atoms with Crippen molar-refractivity contribution < 1.29 is 18.0 Å². The van der Waals surface area contributed by atoms with E-state index in [9.17, 15) is 18.0 Å². The highest BCUT2D eigenvalue weighted by Gasteiger charge is 2.29. The van der Waals surface area contributed by atoms with Gasteiger partial charge in [-0.05, 0) is 54.0 Å². The second-order valence-corrected chi connectivity index (χ2v) is 6.91. The number of aromatic nitrogens is 2. The predicted octanol–water partition coefficient (Wildman–Crippen LogP) is 6.62. The van der Waals surface area contributed by atoms with Crippen molar-refractivity contribution in [3.63, 3.8) is 0 Å². The number of carbonyl (C=O) groups excluding carboxylic acids is 1. The van der Waals surface area contributed by atoms with Crippen LogP contribution in [0.4, 0.5) is 13.2 Å². The summed E-state index contributed by atoms with van der Waals surface area (Å²) in [7, 11) is 0. The number of alkyl halides is 3. The first-order chi connectivity index (χ1) is 14.3. The maximum atomic E-state index is 12.7. The zero-order chi connectivity index (χ0) is 21.3. The molecule has 0 spiro atoms. The first kappa shape index (κ1) is 19.6. The van der Waals surface area contributed by atoms with E-state index >= 15 is 0 Å². The Bertz CT molecular complexity index is 1250. The molecule has 0 unspecified atom stereocenters. The summed E-state index contributed by atoms with van der Waals surface area (Å²) in [6, 6.07) is 18.1. The molecule has 1 aromatic heterocycles. The average Bonchev–Trinajstić information content (AvgIpc) is 3.14.